The van der Waals surface area contributed by atoms with Crippen molar-refractivity contribution in [2.75, 3.05) is 16.4 Å². The van der Waals surface area contributed by atoms with E-state index in [0.717, 1.165) is 27.8 Å². The molecule has 2 amide bonds. The third-order valence-corrected chi connectivity index (χ3v) is 4.33. The average molecular weight is 358 g/mol. The summed E-state index contributed by atoms with van der Waals surface area (Å²) in [4.78, 5) is 12.1. The molecule has 0 aliphatic carbocycles. The fraction of sp³-hybridized carbons (Fsp3) is 0.0476. The highest BCUT2D eigenvalue weighted by molar-refractivity contribution is 6.02. The monoisotopic (exact) mass is 358 g/mol. The van der Waals surface area contributed by atoms with Crippen molar-refractivity contribution in [1.82, 2.24) is 5.16 Å². The molecule has 6 heteroatoms. The van der Waals surface area contributed by atoms with E-state index in [0.29, 0.717) is 17.1 Å². The van der Waals surface area contributed by atoms with Crippen LogP contribution in [-0.4, -0.2) is 11.2 Å². The van der Waals surface area contributed by atoms with Crippen molar-refractivity contribution < 1.29 is 9.32 Å². The molecule has 0 aliphatic rings. The predicted molar refractivity (Wildman–Crippen MR) is 108 cm³/mol. The molecule has 0 saturated carbocycles. The van der Waals surface area contributed by atoms with Crippen molar-refractivity contribution in [1.29, 1.82) is 0 Å². The van der Waals surface area contributed by atoms with Crippen LogP contribution in [-0.2, 0) is 0 Å². The van der Waals surface area contributed by atoms with E-state index in [1.165, 1.54) is 0 Å². The lowest BCUT2D eigenvalue weighted by Crippen LogP contribution is -2.19. The number of fused-ring (bicyclic) bond motifs is 1. The molecule has 0 saturated heterocycles. The lowest BCUT2D eigenvalue weighted by atomic mass is 9.99. The van der Waals surface area contributed by atoms with Gasteiger partial charge in [-0.3, -0.25) is 0 Å². The van der Waals surface area contributed by atoms with E-state index in [2.05, 4.69) is 15.8 Å². The Bertz CT molecular complexity index is 1100. The van der Waals surface area contributed by atoms with E-state index in [9.17, 15) is 4.79 Å². The minimum Gasteiger partial charge on any atom is -0.380 e. The number of nitrogens with one attached hydrogen (secondary N) is 2. The lowest BCUT2D eigenvalue weighted by Gasteiger charge is -2.09. The first-order valence-electron chi connectivity index (χ1n) is 8.50. The van der Waals surface area contributed by atoms with Gasteiger partial charge >= 0.3 is 6.03 Å². The van der Waals surface area contributed by atoms with Crippen LogP contribution >= 0.6 is 0 Å². The first-order valence-corrected chi connectivity index (χ1v) is 8.50. The molecule has 4 N–H and O–H groups in total. The number of amides is 2. The summed E-state index contributed by atoms with van der Waals surface area (Å²) in [5.74, 6) is 0.369. The number of nitrogen functional groups attached to an aromatic ring is 1. The number of hydrogen-bond donors (Lipinski definition) is 3. The molecule has 3 aromatic carbocycles. The molecule has 1 heterocycles. The Morgan fingerprint density at radius 2 is 1.59 bits per heavy atom. The van der Waals surface area contributed by atoms with E-state index >= 15 is 0 Å². The maximum atomic E-state index is 12.1. The molecule has 4 aromatic rings. The van der Waals surface area contributed by atoms with E-state index in [-0.39, 0.29) is 6.03 Å². The van der Waals surface area contributed by atoms with Crippen molar-refractivity contribution in [2.24, 2.45) is 0 Å². The molecule has 27 heavy (non-hydrogen) atoms. The van der Waals surface area contributed by atoms with Crippen LogP contribution in [0, 0.1) is 6.92 Å². The zero-order chi connectivity index (χ0) is 18.8. The third kappa shape index (κ3) is 3.32. The first kappa shape index (κ1) is 16.7. The minimum absolute atomic E-state index is 0.296. The number of nitrogens with zero attached hydrogens (tertiary/aromatic N) is 1. The Hall–Kier alpha value is -3.80. The SMILES string of the molecule is Cc1ccc(-c2ccc(NC(=O)Nc3ccccc3)cc2)c2c(N)noc12. The van der Waals surface area contributed by atoms with Gasteiger partial charge in [-0.1, -0.05) is 47.6 Å². The topological polar surface area (TPSA) is 93.2 Å². The fourth-order valence-corrected chi connectivity index (χ4v) is 2.99. The number of carbonyl (C=O) groups excluding carboxylic acids is 1. The summed E-state index contributed by atoms with van der Waals surface area (Å²) in [6.45, 7) is 1.95. The van der Waals surface area contributed by atoms with Gasteiger partial charge in [0.1, 0.15) is 0 Å². The number of anilines is 3. The van der Waals surface area contributed by atoms with Gasteiger partial charge in [-0.05, 0) is 47.9 Å². The second-order valence-electron chi connectivity index (χ2n) is 6.22. The van der Waals surface area contributed by atoms with Crippen molar-refractivity contribution in [3.05, 3.63) is 72.3 Å². The van der Waals surface area contributed by atoms with Gasteiger partial charge in [-0.15, -0.1) is 0 Å². The molecule has 0 radical (unpaired) electrons. The summed E-state index contributed by atoms with van der Waals surface area (Å²) >= 11 is 0. The number of benzene rings is 3. The molecule has 0 unspecified atom stereocenters. The van der Waals surface area contributed by atoms with Gasteiger partial charge in [-0.25, -0.2) is 4.79 Å². The maximum Gasteiger partial charge on any atom is 0.323 e. The van der Waals surface area contributed by atoms with Gasteiger partial charge in [-0.2, -0.15) is 0 Å². The van der Waals surface area contributed by atoms with Crippen LogP contribution in [0.25, 0.3) is 22.1 Å². The Morgan fingerprint density at radius 3 is 2.30 bits per heavy atom. The highest BCUT2D eigenvalue weighted by Gasteiger charge is 2.14. The van der Waals surface area contributed by atoms with Crippen molar-refractivity contribution in [3.63, 3.8) is 0 Å². The van der Waals surface area contributed by atoms with Gasteiger partial charge in [0.25, 0.3) is 0 Å². The maximum absolute atomic E-state index is 12.1. The van der Waals surface area contributed by atoms with Crippen LogP contribution in [0.4, 0.5) is 22.0 Å². The number of aryl methyl sites for hydroxylation is 1. The first-order chi connectivity index (χ1) is 13.1. The molecular formula is C21H18N4O2. The van der Waals surface area contributed by atoms with Crippen LogP contribution in [0.3, 0.4) is 0 Å². The second-order valence-corrected chi connectivity index (χ2v) is 6.22. The van der Waals surface area contributed by atoms with Crippen molar-refractivity contribution in [3.8, 4) is 11.1 Å². The van der Waals surface area contributed by atoms with Gasteiger partial charge in [0, 0.05) is 11.4 Å². The zero-order valence-corrected chi connectivity index (χ0v) is 14.7. The highest BCUT2D eigenvalue weighted by Crippen LogP contribution is 2.34. The van der Waals surface area contributed by atoms with Gasteiger partial charge in [0.05, 0.1) is 5.39 Å². The van der Waals surface area contributed by atoms with Crippen molar-refractivity contribution >= 4 is 34.2 Å². The number of rotatable bonds is 3. The number of urea groups is 1. The van der Waals surface area contributed by atoms with Gasteiger partial charge in [0.15, 0.2) is 11.4 Å². The Morgan fingerprint density at radius 1 is 0.926 bits per heavy atom. The highest BCUT2D eigenvalue weighted by atomic mass is 16.5. The van der Waals surface area contributed by atoms with Crippen LogP contribution in [0.2, 0.25) is 0 Å². The van der Waals surface area contributed by atoms with Crippen LogP contribution in [0.5, 0.6) is 0 Å². The minimum atomic E-state index is -0.296. The molecule has 0 bridgehead atoms. The summed E-state index contributed by atoms with van der Waals surface area (Å²) in [7, 11) is 0. The van der Waals surface area contributed by atoms with Crippen LogP contribution < -0.4 is 16.4 Å². The molecule has 0 aliphatic heterocycles. The lowest BCUT2D eigenvalue weighted by molar-refractivity contribution is 0.262. The van der Waals surface area contributed by atoms with Gasteiger partial charge in [0.2, 0.25) is 0 Å². The second kappa shape index (κ2) is 6.84. The molecule has 0 spiro atoms. The molecule has 0 atom stereocenters. The number of para-hydroxylation sites is 1. The van der Waals surface area contributed by atoms with E-state index in [4.69, 9.17) is 10.3 Å². The van der Waals surface area contributed by atoms with Gasteiger partial charge < -0.3 is 20.9 Å². The number of hydrogen-bond acceptors (Lipinski definition) is 4. The summed E-state index contributed by atoms with van der Waals surface area (Å²) in [5.41, 5.74) is 11.0. The zero-order valence-electron chi connectivity index (χ0n) is 14.7. The Kier molecular flexibility index (Phi) is 4.22. The van der Waals surface area contributed by atoms with Crippen LogP contribution in [0.15, 0.2) is 71.3 Å². The number of aromatic nitrogens is 1. The largest absolute Gasteiger partial charge is 0.380 e. The van der Waals surface area contributed by atoms with E-state index < -0.39 is 0 Å². The molecule has 0 fully saturated rings. The van der Waals surface area contributed by atoms with E-state index in [1.54, 1.807) is 0 Å². The number of nitrogens with two attached hydrogens (primary N) is 1. The molecule has 6 nitrogen and oxygen atoms in total. The molecule has 1 aromatic heterocycles. The summed E-state index contributed by atoms with van der Waals surface area (Å²) in [6, 6.07) is 20.5. The quantitative estimate of drug-likeness (QED) is 0.479. The van der Waals surface area contributed by atoms with Crippen molar-refractivity contribution in [2.45, 2.75) is 6.92 Å². The molecule has 4 rings (SSSR count). The fourth-order valence-electron chi connectivity index (χ4n) is 2.99. The summed E-state index contributed by atoms with van der Waals surface area (Å²) in [5, 5.41) is 10.3. The van der Waals surface area contributed by atoms with Crippen LogP contribution in [0.1, 0.15) is 5.56 Å². The summed E-state index contributed by atoms with van der Waals surface area (Å²) in [6.07, 6.45) is 0. The smallest absolute Gasteiger partial charge is 0.323 e. The standard InChI is InChI=1S/C21H18N4O2/c1-13-7-12-17(18-19(13)27-25-20(18)22)14-8-10-16(11-9-14)24-21(26)23-15-5-3-2-4-6-15/h2-12H,1H3,(H2,22,25)(H2,23,24,26). The van der Waals surface area contributed by atoms with E-state index in [1.807, 2.05) is 73.7 Å². The Balaban J connectivity index is 1.55. The third-order valence-electron chi connectivity index (χ3n) is 4.33. The molecular weight excluding hydrogens is 340 g/mol. The predicted octanol–water partition coefficient (Wildman–Crippen LogP) is 5.03. The normalized spacial score (nSPS) is 10.7. The molecule has 134 valence electrons. The summed E-state index contributed by atoms with van der Waals surface area (Å²) < 4.78 is 5.33. The average Bonchev–Trinajstić information content (AvgIpc) is 3.07. The number of carbonyl (C=O) groups is 1. The Labute approximate surface area is 156 Å².